The van der Waals surface area contributed by atoms with Crippen molar-refractivity contribution >= 4 is 63.9 Å². The number of Topliss-reactive ketones (excluding diaryl/α,β-unsaturated/α-hetero) is 1. The van der Waals surface area contributed by atoms with Crippen LogP contribution in [0.1, 0.15) is 129 Å². The maximum absolute atomic E-state index is 15.1. The normalized spacial score (nSPS) is 21.4. The number of rotatable bonds is 13. The van der Waals surface area contributed by atoms with Crippen molar-refractivity contribution in [3.63, 3.8) is 0 Å². The van der Waals surface area contributed by atoms with Crippen molar-refractivity contribution in [1.29, 1.82) is 0 Å². The van der Waals surface area contributed by atoms with Gasteiger partial charge < -0.3 is 63.4 Å². The summed E-state index contributed by atoms with van der Waals surface area (Å²) in [5, 5.41) is 7.56. The quantitative estimate of drug-likeness (QED) is 0.0961. The number of unbranched alkanes of at least 4 members (excludes halogenated alkanes) is 1. The van der Waals surface area contributed by atoms with Crippen LogP contribution in [0.15, 0.2) is 91.0 Å². The fourth-order valence-electron chi connectivity index (χ4n) is 10.9. The SMILES string of the molecule is CCCC[C@H]1C(=O)N[C@@H](Cc2ccc3ccccc3c2)C(=O)N(C)[C@@H](COC(C)(C)C)C(=O)NCC(=O)N(C)CCCCC=CC(=O)OCC(C)(C)C(=O)C(=O)N2CCCC[C@H]2C(=O)O[C@H](CCc2cc(OC)c(OC)c(OC)c2)c2cccc(c2)OCC(=O)N1C. The van der Waals surface area contributed by atoms with Crippen LogP contribution in [0.4, 0.5) is 0 Å². The fourth-order valence-corrected chi connectivity index (χ4v) is 10.9. The number of ketones is 1. The Kier molecular flexibility index (Phi) is 27.0. The number of piperidine rings is 1. The number of ether oxygens (including phenoxy) is 7. The molecule has 2 bridgehead atoms. The third-order valence-corrected chi connectivity index (χ3v) is 16.6. The lowest BCUT2D eigenvalue weighted by atomic mass is 9.87. The van der Waals surface area contributed by atoms with Crippen molar-refractivity contribution in [1.82, 2.24) is 30.2 Å². The third kappa shape index (κ3) is 20.5. The zero-order valence-corrected chi connectivity index (χ0v) is 55.6. The molecule has 22 nitrogen and oxygen atoms in total. The van der Waals surface area contributed by atoms with Gasteiger partial charge in [-0.15, -0.1) is 0 Å². The molecule has 4 aromatic carbocycles. The van der Waals surface area contributed by atoms with Gasteiger partial charge in [-0.3, -0.25) is 33.6 Å². The number of hydrogen-bond donors (Lipinski definition) is 2. The summed E-state index contributed by atoms with van der Waals surface area (Å²) in [5.41, 5.74) is -0.279. The summed E-state index contributed by atoms with van der Waals surface area (Å²) in [6, 6.07) is 19.0. The Balaban J connectivity index is 1.35. The van der Waals surface area contributed by atoms with Crippen LogP contribution in [-0.2, 0) is 70.2 Å². The van der Waals surface area contributed by atoms with E-state index in [4.69, 9.17) is 33.2 Å². The van der Waals surface area contributed by atoms with Gasteiger partial charge in [0.15, 0.2) is 18.1 Å². The van der Waals surface area contributed by atoms with Crippen LogP contribution in [0.5, 0.6) is 23.0 Å². The van der Waals surface area contributed by atoms with Crippen LogP contribution >= 0.6 is 0 Å². The first-order valence-corrected chi connectivity index (χ1v) is 31.7. The van der Waals surface area contributed by atoms with Crippen LogP contribution in [0.2, 0.25) is 0 Å². The number of carbonyl (C=O) groups excluding carboxylic acids is 9. The molecule has 92 heavy (non-hydrogen) atoms. The third-order valence-electron chi connectivity index (χ3n) is 16.6. The van der Waals surface area contributed by atoms with Gasteiger partial charge in [0, 0.05) is 46.7 Å². The molecule has 2 aliphatic rings. The van der Waals surface area contributed by atoms with E-state index in [9.17, 15) is 38.4 Å². The van der Waals surface area contributed by atoms with Crippen LogP contribution in [0, 0.1) is 5.41 Å². The van der Waals surface area contributed by atoms with E-state index in [1.807, 2.05) is 49.4 Å². The fraction of sp³-hybridized carbons (Fsp3) is 0.529. The van der Waals surface area contributed by atoms with Gasteiger partial charge >= 0.3 is 11.9 Å². The number of esters is 2. The Morgan fingerprint density at radius 2 is 1.41 bits per heavy atom. The summed E-state index contributed by atoms with van der Waals surface area (Å²) < 4.78 is 41.0. The molecule has 6 amide bonds. The second-order valence-electron chi connectivity index (χ2n) is 25.1. The van der Waals surface area contributed by atoms with E-state index in [2.05, 4.69) is 10.6 Å². The first-order chi connectivity index (χ1) is 43.8. The van der Waals surface area contributed by atoms with Crippen molar-refractivity contribution < 1.29 is 76.3 Å². The minimum Gasteiger partial charge on any atom is -0.493 e. The Morgan fingerprint density at radius 1 is 0.707 bits per heavy atom. The number of carbonyl (C=O) groups is 9. The van der Waals surface area contributed by atoms with Crippen molar-refractivity contribution in [3.05, 3.63) is 108 Å². The predicted molar refractivity (Wildman–Crippen MR) is 346 cm³/mol. The molecule has 1 fully saturated rings. The molecule has 500 valence electrons. The van der Waals surface area contributed by atoms with E-state index < -0.39 is 114 Å². The first kappa shape index (κ1) is 72.5. The number of fused-ring (bicyclic) bond motifs is 4. The van der Waals surface area contributed by atoms with Crippen molar-refractivity contribution in [2.24, 2.45) is 5.41 Å². The van der Waals surface area contributed by atoms with Gasteiger partial charge in [-0.25, -0.2) is 9.59 Å². The molecule has 0 radical (unpaired) electrons. The summed E-state index contributed by atoms with van der Waals surface area (Å²) in [4.78, 5) is 133. The topological polar surface area (TPSA) is 255 Å². The molecule has 22 heteroatoms. The highest BCUT2D eigenvalue weighted by Crippen LogP contribution is 2.40. The standard InChI is InChI=1S/C70H94N6O16/c1-13-14-28-53-65(82)72-52(38-46-31-33-48-24-18-19-25-49(48)37-46)66(83)75(9)55(43-91-69(2,3)4)64(81)71-42-59(77)73(7)35-21-16-15-17-30-61(79)90-45-70(5,6)63(80)67(84)76-36-22-20-29-54(76)68(85)92-56(50-26-23-27-51(41-50)89-44-60(78)74(53)8)34-32-47-39-57(86-10)62(88-12)58(40-47)87-11/h17-19,23-27,30-31,33,37,39-41,52-56H,13-16,20-22,28-29,32,34-36,38,42-45H2,1-12H3,(H,71,81)(H,72,82)/t52-,53-,54-,55-,56+/m0/s1. The summed E-state index contributed by atoms with van der Waals surface area (Å²) in [7, 11) is 9.04. The van der Waals surface area contributed by atoms with Gasteiger partial charge in [-0.05, 0) is 144 Å². The minimum atomic E-state index is -1.47. The zero-order valence-electron chi connectivity index (χ0n) is 55.6. The van der Waals surface area contributed by atoms with Gasteiger partial charge in [0.1, 0.15) is 42.6 Å². The highest BCUT2D eigenvalue weighted by molar-refractivity contribution is 6.38. The Morgan fingerprint density at radius 3 is 2.10 bits per heavy atom. The molecule has 0 aliphatic carbocycles. The average Bonchev–Trinajstić information content (AvgIpc) is 1.20. The summed E-state index contributed by atoms with van der Waals surface area (Å²) in [6.07, 6.45) is 6.66. The summed E-state index contributed by atoms with van der Waals surface area (Å²) in [6.45, 7) is 9.17. The molecule has 5 atom stereocenters. The smallest absolute Gasteiger partial charge is 0.330 e. The molecule has 1 saturated heterocycles. The van der Waals surface area contributed by atoms with Gasteiger partial charge in [-0.2, -0.15) is 0 Å². The molecular weight excluding hydrogens is 1180 g/mol. The summed E-state index contributed by atoms with van der Waals surface area (Å²) in [5.74, 6) is -4.68. The highest BCUT2D eigenvalue weighted by Gasteiger charge is 2.43. The van der Waals surface area contributed by atoms with Crippen molar-refractivity contribution in [2.45, 2.75) is 154 Å². The Labute approximate surface area is 540 Å². The van der Waals surface area contributed by atoms with Gasteiger partial charge in [0.05, 0.1) is 45.5 Å². The van der Waals surface area contributed by atoms with Crippen molar-refractivity contribution in [2.75, 3.05) is 81.9 Å². The number of nitrogens with zero attached hydrogens (tertiary/aromatic N) is 4. The maximum atomic E-state index is 15.1. The second kappa shape index (κ2) is 34.2. The minimum absolute atomic E-state index is 0.00280. The highest BCUT2D eigenvalue weighted by atomic mass is 16.6. The average molecular weight is 1280 g/mol. The van der Waals surface area contributed by atoms with Gasteiger partial charge in [0.25, 0.3) is 11.8 Å². The van der Waals surface area contributed by atoms with E-state index in [0.717, 1.165) is 16.3 Å². The molecule has 0 aromatic heterocycles. The molecule has 0 unspecified atom stereocenters. The van der Waals surface area contributed by atoms with Gasteiger partial charge in [-0.1, -0.05) is 80.4 Å². The number of amides is 6. The second-order valence-corrected chi connectivity index (χ2v) is 25.1. The summed E-state index contributed by atoms with van der Waals surface area (Å²) >= 11 is 0. The number of cyclic esters (lactones) is 2. The van der Waals surface area contributed by atoms with E-state index in [1.165, 1.54) is 74.9 Å². The number of allylic oxidation sites excluding steroid dienone is 1. The first-order valence-electron chi connectivity index (χ1n) is 31.7. The van der Waals surface area contributed by atoms with Gasteiger partial charge in [0.2, 0.25) is 35.2 Å². The largest absolute Gasteiger partial charge is 0.493 e. The Bertz CT molecular complexity index is 3240. The van der Waals surface area contributed by atoms with Crippen LogP contribution in [-0.4, -0.2) is 184 Å². The zero-order chi connectivity index (χ0) is 67.3. The molecule has 6 rings (SSSR count). The van der Waals surface area contributed by atoms with E-state index in [-0.39, 0.29) is 44.6 Å². The van der Waals surface area contributed by atoms with Crippen LogP contribution in [0.25, 0.3) is 10.8 Å². The monoisotopic (exact) mass is 1270 g/mol. The lowest BCUT2D eigenvalue weighted by Crippen LogP contribution is -2.59. The van der Waals surface area contributed by atoms with E-state index in [0.29, 0.717) is 86.3 Å². The molecule has 0 saturated carbocycles. The van der Waals surface area contributed by atoms with E-state index >= 15 is 4.79 Å². The molecule has 2 N–H and O–H groups in total. The number of benzene rings is 4. The number of aryl methyl sites for hydroxylation is 1. The molecule has 2 aliphatic heterocycles. The molecular formula is C70H94N6O16. The molecule has 4 aromatic rings. The maximum Gasteiger partial charge on any atom is 0.330 e. The Hall–Kier alpha value is -8.53. The number of methoxy groups -OCH3 is 3. The predicted octanol–water partition coefficient (Wildman–Crippen LogP) is 7.68. The molecule has 0 spiro atoms. The lowest BCUT2D eigenvalue weighted by molar-refractivity contribution is -0.165. The molecule has 2 heterocycles. The number of hydrogen-bond acceptors (Lipinski definition) is 16. The number of nitrogens with one attached hydrogen (secondary N) is 2. The lowest BCUT2D eigenvalue weighted by Gasteiger charge is -2.36. The van der Waals surface area contributed by atoms with E-state index in [1.54, 1.807) is 70.3 Å². The van der Waals surface area contributed by atoms with Crippen LogP contribution < -0.4 is 29.6 Å². The number of likely N-dealkylation sites (N-methyl/N-ethyl adjacent to an activating group) is 3. The van der Waals surface area contributed by atoms with Crippen LogP contribution in [0.3, 0.4) is 0 Å². The van der Waals surface area contributed by atoms with Crippen molar-refractivity contribution in [3.8, 4) is 23.0 Å².